The van der Waals surface area contributed by atoms with Crippen LogP contribution in [0.25, 0.3) is 0 Å². The molecule has 0 spiro atoms. The third-order valence-corrected chi connectivity index (χ3v) is 2.50. The third kappa shape index (κ3) is 2.58. The van der Waals surface area contributed by atoms with E-state index in [1.54, 1.807) is 0 Å². The van der Waals surface area contributed by atoms with E-state index >= 15 is 0 Å². The zero-order valence-corrected chi connectivity index (χ0v) is 9.55. The Morgan fingerprint density at radius 1 is 1.44 bits per heavy atom. The van der Waals surface area contributed by atoms with Crippen molar-refractivity contribution in [3.8, 4) is 5.75 Å². The number of benzene rings is 1. The van der Waals surface area contributed by atoms with Gasteiger partial charge in [-0.2, -0.15) is 0 Å². The van der Waals surface area contributed by atoms with Crippen LogP contribution in [-0.4, -0.2) is 18.7 Å². The van der Waals surface area contributed by atoms with E-state index in [0.717, 1.165) is 13.0 Å². The number of hydrogen-bond donors (Lipinski definition) is 0. The van der Waals surface area contributed by atoms with Crippen LogP contribution in [0.2, 0.25) is 0 Å². The van der Waals surface area contributed by atoms with Crippen molar-refractivity contribution < 1.29 is 18.7 Å². The minimum Gasteiger partial charge on any atom is -0.494 e. The number of rotatable bonds is 4. The van der Waals surface area contributed by atoms with Crippen LogP contribution in [0, 0.1) is 5.82 Å². The Bertz CT molecular complexity index is 431. The Kier molecular flexibility index (Phi) is 4.01. The lowest BCUT2D eigenvalue weighted by Gasteiger charge is -2.08. The van der Waals surface area contributed by atoms with Crippen molar-refractivity contribution in [1.82, 2.24) is 0 Å². The van der Waals surface area contributed by atoms with Crippen molar-refractivity contribution in [2.45, 2.75) is 12.3 Å². The van der Waals surface area contributed by atoms with Gasteiger partial charge in [0, 0.05) is 6.92 Å². The predicted octanol–water partition coefficient (Wildman–Crippen LogP) is 2.27. The fourth-order valence-corrected chi connectivity index (χ4v) is 1.46. The van der Waals surface area contributed by atoms with E-state index in [2.05, 4.69) is 0 Å². The molecule has 0 saturated carbocycles. The summed E-state index contributed by atoms with van der Waals surface area (Å²) in [5.74, 6) is -1.98. The molecule has 0 aliphatic rings. The monoisotopic (exact) mass is 244 g/mol. The molecule has 16 heavy (non-hydrogen) atoms. The molecule has 0 aliphatic heterocycles. The lowest BCUT2D eigenvalue weighted by atomic mass is 10.1. The number of ether oxygens (including phenoxy) is 1. The molecule has 1 atom stereocenters. The van der Waals surface area contributed by atoms with Crippen molar-refractivity contribution >= 4 is 23.2 Å². The summed E-state index contributed by atoms with van der Waals surface area (Å²) in [5, 5.41) is -1.15. The van der Waals surface area contributed by atoms with Crippen LogP contribution in [0.4, 0.5) is 4.39 Å². The van der Waals surface area contributed by atoms with Crippen LogP contribution in [0.15, 0.2) is 18.2 Å². The molecule has 86 valence electrons. The van der Waals surface area contributed by atoms with Gasteiger partial charge < -0.3 is 4.74 Å². The Morgan fingerprint density at radius 2 is 2.06 bits per heavy atom. The lowest BCUT2D eigenvalue weighted by Crippen LogP contribution is -2.15. The molecule has 0 aliphatic carbocycles. The molecule has 1 unspecified atom stereocenters. The van der Waals surface area contributed by atoms with Crippen LogP contribution in [0.5, 0.6) is 5.75 Å². The van der Waals surface area contributed by atoms with Crippen LogP contribution in [0.1, 0.15) is 17.9 Å². The molecular weight excluding hydrogens is 235 g/mol. The van der Waals surface area contributed by atoms with Gasteiger partial charge in [0.25, 0.3) is 0 Å². The number of ketones is 2. The zero-order valence-electron chi connectivity index (χ0n) is 8.79. The van der Waals surface area contributed by atoms with E-state index in [1.807, 2.05) is 0 Å². The second-order valence-corrected chi connectivity index (χ2v) is 3.61. The Morgan fingerprint density at radius 3 is 2.50 bits per heavy atom. The molecule has 0 aromatic heterocycles. The van der Waals surface area contributed by atoms with Gasteiger partial charge >= 0.3 is 0 Å². The second-order valence-electron chi connectivity index (χ2n) is 3.18. The number of halogens is 2. The summed E-state index contributed by atoms with van der Waals surface area (Å²) in [7, 11) is 1.33. The summed E-state index contributed by atoms with van der Waals surface area (Å²) in [6.45, 7) is 1.12. The number of hydrogen-bond acceptors (Lipinski definition) is 3. The topological polar surface area (TPSA) is 43.4 Å². The van der Waals surface area contributed by atoms with E-state index in [9.17, 15) is 14.0 Å². The average Bonchev–Trinajstić information content (AvgIpc) is 2.26. The van der Waals surface area contributed by atoms with Gasteiger partial charge in [0.1, 0.15) is 5.38 Å². The summed E-state index contributed by atoms with van der Waals surface area (Å²) in [6.07, 6.45) is 0. The minimum atomic E-state index is -1.15. The van der Waals surface area contributed by atoms with Crippen LogP contribution < -0.4 is 4.74 Å². The molecule has 0 bridgehead atoms. The molecule has 0 amide bonds. The maximum absolute atomic E-state index is 13.3. The van der Waals surface area contributed by atoms with E-state index in [-0.39, 0.29) is 11.3 Å². The molecule has 0 heterocycles. The lowest BCUT2D eigenvalue weighted by molar-refractivity contribution is -0.135. The Balaban J connectivity index is 3.01. The number of Topliss-reactive ketones (excluding diaryl/α,β-unsaturated/α-hetero) is 2. The van der Waals surface area contributed by atoms with Gasteiger partial charge in [0.15, 0.2) is 17.3 Å². The van der Waals surface area contributed by atoms with Crippen molar-refractivity contribution in [3.05, 3.63) is 29.6 Å². The van der Waals surface area contributed by atoms with Crippen LogP contribution in [0.3, 0.4) is 0 Å². The van der Waals surface area contributed by atoms with Crippen molar-refractivity contribution in [2.24, 2.45) is 0 Å². The molecule has 1 aromatic carbocycles. The summed E-state index contributed by atoms with van der Waals surface area (Å²) in [4.78, 5) is 22.1. The fourth-order valence-electron chi connectivity index (χ4n) is 1.17. The first kappa shape index (κ1) is 12.6. The van der Waals surface area contributed by atoms with E-state index in [4.69, 9.17) is 16.3 Å². The summed E-state index contributed by atoms with van der Waals surface area (Å²) < 4.78 is 18.0. The molecule has 5 heteroatoms. The first-order chi connectivity index (χ1) is 7.47. The quantitative estimate of drug-likeness (QED) is 0.603. The predicted molar refractivity (Wildman–Crippen MR) is 57.2 cm³/mol. The summed E-state index contributed by atoms with van der Waals surface area (Å²) in [5.41, 5.74) is 0.236. The third-order valence-electron chi connectivity index (χ3n) is 2.05. The van der Waals surface area contributed by atoms with Gasteiger partial charge in [-0.15, -0.1) is 11.6 Å². The highest BCUT2D eigenvalue weighted by Crippen LogP contribution is 2.26. The molecular formula is C11H10ClFO3. The van der Waals surface area contributed by atoms with Gasteiger partial charge in [0.05, 0.1) is 7.11 Å². The standard InChI is InChI=1S/C11H10ClFO3/c1-6(14)11(15)10(12)7-3-4-9(16-2)8(13)5-7/h3-5,10H,1-2H3. The molecule has 1 rings (SSSR count). The van der Waals surface area contributed by atoms with Crippen LogP contribution in [-0.2, 0) is 9.59 Å². The van der Waals surface area contributed by atoms with Crippen LogP contribution >= 0.6 is 11.6 Å². The molecule has 1 aromatic rings. The summed E-state index contributed by atoms with van der Waals surface area (Å²) >= 11 is 5.74. The maximum Gasteiger partial charge on any atom is 0.220 e. The number of alkyl halides is 1. The normalized spacial score (nSPS) is 12.0. The van der Waals surface area contributed by atoms with Gasteiger partial charge in [0.2, 0.25) is 5.78 Å². The summed E-state index contributed by atoms with van der Waals surface area (Å²) in [6, 6.07) is 3.88. The smallest absolute Gasteiger partial charge is 0.220 e. The van der Waals surface area contributed by atoms with E-state index in [1.165, 1.54) is 19.2 Å². The minimum absolute atomic E-state index is 0.0582. The van der Waals surface area contributed by atoms with E-state index < -0.39 is 22.8 Å². The highest BCUT2D eigenvalue weighted by Gasteiger charge is 2.22. The fraction of sp³-hybridized carbons (Fsp3) is 0.273. The Labute approximate surface area is 97.2 Å². The molecule has 3 nitrogen and oxygen atoms in total. The van der Waals surface area contributed by atoms with Crippen molar-refractivity contribution in [3.63, 3.8) is 0 Å². The van der Waals surface area contributed by atoms with Gasteiger partial charge in [-0.05, 0) is 17.7 Å². The largest absolute Gasteiger partial charge is 0.494 e. The maximum atomic E-state index is 13.3. The van der Waals surface area contributed by atoms with Gasteiger partial charge in [-0.3, -0.25) is 9.59 Å². The highest BCUT2D eigenvalue weighted by atomic mass is 35.5. The molecule has 0 saturated heterocycles. The average molecular weight is 245 g/mol. The molecule has 0 N–H and O–H groups in total. The first-order valence-electron chi connectivity index (χ1n) is 4.49. The molecule has 0 fully saturated rings. The highest BCUT2D eigenvalue weighted by molar-refractivity contribution is 6.48. The van der Waals surface area contributed by atoms with Gasteiger partial charge in [-0.1, -0.05) is 6.07 Å². The Hall–Kier alpha value is -1.42. The second kappa shape index (κ2) is 5.07. The zero-order chi connectivity index (χ0) is 12.3. The van der Waals surface area contributed by atoms with Crippen molar-refractivity contribution in [2.75, 3.05) is 7.11 Å². The molecule has 0 radical (unpaired) electrons. The SMILES string of the molecule is COc1ccc(C(Cl)C(=O)C(C)=O)cc1F. The van der Waals surface area contributed by atoms with Crippen molar-refractivity contribution in [1.29, 1.82) is 0 Å². The number of methoxy groups -OCH3 is 1. The first-order valence-corrected chi connectivity index (χ1v) is 4.93. The number of carbonyl (C=O) groups is 2. The van der Waals surface area contributed by atoms with Gasteiger partial charge in [-0.25, -0.2) is 4.39 Å². The van der Waals surface area contributed by atoms with E-state index in [0.29, 0.717) is 0 Å². The number of carbonyl (C=O) groups excluding carboxylic acids is 2.